The van der Waals surface area contributed by atoms with Gasteiger partial charge in [0, 0.05) is 19.8 Å². The maximum atomic E-state index is 13.9. The second kappa shape index (κ2) is 10.6. The summed E-state index contributed by atoms with van der Waals surface area (Å²) in [6.07, 6.45) is -9.74. The molecule has 1 atom stereocenters. The molecule has 2 aromatic heterocycles. The van der Waals surface area contributed by atoms with Crippen LogP contribution in [0.2, 0.25) is 0 Å². The van der Waals surface area contributed by atoms with E-state index < -0.39 is 65.4 Å². The van der Waals surface area contributed by atoms with E-state index in [4.69, 9.17) is 4.74 Å². The van der Waals surface area contributed by atoms with Crippen LogP contribution in [0.4, 0.5) is 26.3 Å². The lowest BCUT2D eigenvalue weighted by molar-refractivity contribution is -0.138. The molecule has 0 saturated carbocycles. The van der Waals surface area contributed by atoms with E-state index in [1.54, 1.807) is 0 Å². The third kappa shape index (κ3) is 5.27. The lowest BCUT2D eigenvalue weighted by Crippen LogP contribution is -2.44. The van der Waals surface area contributed by atoms with Gasteiger partial charge in [-0.25, -0.2) is 14.4 Å². The Morgan fingerprint density at radius 1 is 1.00 bits per heavy atom. The quantitative estimate of drug-likeness (QED) is 0.239. The number of benzene rings is 2. The highest BCUT2D eigenvalue weighted by Crippen LogP contribution is 2.41. The molecule has 15 heteroatoms. The maximum absolute atomic E-state index is 13.9. The van der Waals surface area contributed by atoms with Crippen molar-refractivity contribution in [2.75, 3.05) is 6.61 Å². The van der Waals surface area contributed by atoms with Crippen molar-refractivity contribution in [3.05, 3.63) is 96.2 Å². The van der Waals surface area contributed by atoms with Gasteiger partial charge < -0.3 is 4.74 Å². The van der Waals surface area contributed by atoms with Crippen molar-refractivity contribution < 1.29 is 35.9 Å². The molecule has 0 radical (unpaired) electrons. The van der Waals surface area contributed by atoms with Crippen LogP contribution in [0.1, 0.15) is 52.9 Å². The highest BCUT2D eigenvalue weighted by atomic mass is 19.4. The molecule has 0 N–H and O–H groups in total. The van der Waals surface area contributed by atoms with Crippen LogP contribution in [-0.4, -0.2) is 37.0 Å². The average molecular weight is 611 g/mol. The van der Waals surface area contributed by atoms with E-state index in [9.17, 15) is 45.5 Å². The number of aryl methyl sites for hydroxylation is 2. The molecule has 9 nitrogen and oxygen atoms in total. The fraction of sp³-hybridized carbons (Fsp3) is 0.357. The fourth-order valence-electron chi connectivity index (χ4n) is 5.55. The van der Waals surface area contributed by atoms with Crippen molar-refractivity contribution in [1.82, 2.24) is 18.3 Å². The first-order chi connectivity index (χ1) is 20.1. The molecule has 0 aliphatic heterocycles. The van der Waals surface area contributed by atoms with E-state index in [-0.39, 0.29) is 47.3 Å². The highest BCUT2D eigenvalue weighted by molar-refractivity contribution is 5.88. The number of rotatable bonds is 6. The summed E-state index contributed by atoms with van der Waals surface area (Å²) in [7, 11) is 1.37. The first kappa shape index (κ1) is 29.9. The topological polar surface area (TPSA) is 97.2 Å². The summed E-state index contributed by atoms with van der Waals surface area (Å²) in [6.45, 7) is 0.661. The molecule has 0 fully saturated rings. The normalized spacial score (nSPS) is 15.2. The second-order valence-electron chi connectivity index (χ2n) is 10.0. The summed E-state index contributed by atoms with van der Waals surface area (Å²) in [6, 6.07) is 6.33. The van der Waals surface area contributed by atoms with Crippen molar-refractivity contribution in [3.63, 3.8) is 0 Å². The number of esters is 1. The van der Waals surface area contributed by atoms with Crippen molar-refractivity contribution in [1.29, 1.82) is 0 Å². The van der Waals surface area contributed by atoms with Gasteiger partial charge in [-0.1, -0.05) is 12.1 Å². The van der Waals surface area contributed by atoms with E-state index in [1.165, 1.54) is 44.3 Å². The smallest absolute Gasteiger partial charge is 0.416 e. The third-order valence-electron chi connectivity index (χ3n) is 7.50. The minimum atomic E-state index is -4.68. The third-order valence-corrected chi connectivity index (χ3v) is 7.50. The van der Waals surface area contributed by atoms with Crippen LogP contribution in [0, 0.1) is 0 Å². The van der Waals surface area contributed by atoms with E-state index in [0.29, 0.717) is 4.57 Å². The first-order valence-corrected chi connectivity index (χ1v) is 13.1. The van der Waals surface area contributed by atoms with Gasteiger partial charge in [-0.15, -0.1) is 0 Å². The van der Waals surface area contributed by atoms with Crippen LogP contribution < -0.4 is 16.9 Å². The second-order valence-corrected chi connectivity index (χ2v) is 10.0. The van der Waals surface area contributed by atoms with Gasteiger partial charge in [-0.05, 0) is 55.2 Å². The zero-order valence-corrected chi connectivity index (χ0v) is 22.8. The Kier molecular flexibility index (Phi) is 7.38. The number of aromatic nitrogens is 4. The van der Waals surface area contributed by atoms with Crippen LogP contribution in [0.15, 0.2) is 57.0 Å². The molecule has 228 valence electrons. The molecule has 4 aromatic rings. The number of ether oxygens (including phenoxy) is 1. The Balaban J connectivity index is 1.74. The summed E-state index contributed by atoms with van der Waals surface area (Å²) in [5.41, 5.74) is -3.96. The lowest BCUT2D eigenvalue weighted by atomic mass is 10.0. The number of carbonyl (C=O) groups excluding carboxylic acids is 1. The first-order valence-electron chi connectivity index (χ1n) is 13.1. The number of carbonyl (C=O) groups is 1. The zero-order valence-electron chi connectivity index (χ0n) is 22.8. The largest absolute Gasteiger partial charge is 0.462 e. The minimum absolute atomic E-state index is 0.00887. The van der Waals surface area contributed by atoms with E-state index in [2.05, 4.69) is 0 Å². The van der Waals surface area contributed by atoms with Gasteiger partial charge in [-0.2, -0.15) is 26.3 Å². The molecule has 1 aliphatic rings. The molecular weight excluding hydrogens is 586 g/mol. The Morgan fingerprint density at radius 2 is 1.72 bits per heavy atom. The predicted octanol–water partition coefficient (Wildman–Crippen LogP) is 4.34. The van der Waals surface area contributed by atoms with Crippen LogP contribution in [0.3, 0.4) is 0 Å². The van der Waals surface area contributed by atoms with E-state index in [1.807, 2.05) is 0 Å². The Morgan fingerprint density at radius 3 is 2.37 bits per heavy atom. The van der Waals surface area contributed by atoms with Crippen LogP contribution in [0.25, 0.3) is 16.7 Å². The molecule has 5 rings (SSSR count). The van der Waals surface area contributed by atoms with Crippen LogP contribution in [0.5, 0.6) is 0 Å². The molecule has 0 bridgehead atoms. The number of fused-ring (bicyclic) bond motifs is 2. The standard InChI is InChI=1S/C28H24F6N4O5/c1-3-43-24(40)18-14-37(15-7-9-21-22(13-15)36(25(41)35(21)2)12-11-27(29,30)31)26(42)38(23(18)39)20-10-8-16-17(20)5-4-6-19(16)28(32,33)34/h4-7,9,13-14,20H,3,8,10-12H2,1-2H3. The minimum Gasteiger partial charge on any atom is -0.462 e. The zero-order chi connectivity index (χ0) is 31.4. The summed E-state index contributed by atoms with van der Waals surface area (Å²) in [5.74, 6) is -1.08. The number of halogens is 6. The predicted molar refractivity (Wildman–Crippen MR) is 142 cm³/mol. The lowest BCUT2D eigenvalue weighted by Gasteiger charge is -2.19. The molecule has 0 spiro atoms. The number of hydrogen-bond donors (Lipinski definition) is 0. The SMILES string of the molecule is CCOC(=O)c1cn(-c2ccc3c(c2)n(CCC(F)(F)F)c(=O)n3C)c(=O)n(C2CCc3c2cccc3C(F)(F)F)c1=O. The molecule has 2 aromatic carbocycles. The van der Waals surface area contributed by atoms with Gasteiger partial charge in [0.15, 0.2) is 0 Å². The van der Waals surface area contributed by atoms with Crippen molar-refractivity contribution in [2.24, 2.45) is 7.05 Å². The van der Waals surface area contributed by atoms with Crippen molar-refractivity contribution in [2.45, 2.75) is 51.1 Å². The van der Waals surface area contributed by atoms with Gasteiger partial charge in [-0.3, -0.25) is 23.1 Å². The van der Waals surface area contributed by atoms with Crippen molar-refractivity contribution in [3.8, 4) is 5.69 Å². The summed E-state index contributed by atoms with van der Waals surface area (Å²) in [5, 5.41) is 0. The average Bonchev–Trinajstić information content (AvgIpc) is 3.45. The van der Waals surface area contributed by atoms with E-state index >= 15 is 0 Å². The Hall–Kier alpha value is -4.56. The Labute approximate surface area is 238 Å². The maximum Gasteiger partial charge on any atom is 0.416 e. The molecule has 0 amide bonds. The summed E-state index contributed by atoms with van der Waals surface area (Å²) in [4.78, 5) is 52.9. The van der Waals surface area contributed by atoms with Crippen molar-refractivity contribution >= 4 is 17.0 Å². The van der Waals surface area contributed by atoms with Gasteiger partial charge >= 0.3 is 29.7 Å². The van der Waals surface area contributed by atoms with Gasteiger partial charge in [0.05, 0.1) is 41.4 Å². The molecule has 2 heterocycles. The van der Waals surface area contributed by atoms with Gasteiger partial charge in [0.1, 0.15) is 5.56 Å². The number of alkyl halides is 6. The van der Waals surface area contributed by atoms with Gasteiger partial charge in [0.25, 0.3) is 5.56 Å². The summed E-state index contributed by atoms with van der Waals surface area (Å²) < 4.78 is 88.6. The highest BCUT2D eigenvalue weighted by Gasteiger charge is 2.39. The van der Waals surface area contributed by atoms with E-state index in [0.717, 1.165) is 26.0 Å². The Bertz CT molecular complexity index is 1930. The molecule has 0 saturated heterocycles. The van der Waals surface area contributed by atoms with Crippen LogP contribution >= 0.6 is 0 Å². The van der Waals surface area contributed by atoms with Gasteiger partial charge in [0.2, 0.25) is 0 Å². The number of hydrogen-bond acceptors (Lipinski definition) is 5. The monoisotopic (exact) mass is 610 g/mol. The van der Waals surface area contributed by atoms with Crippen LogP contribution in [-0.2, 0) is 30.9 Å². The number of imidazole rings is 1. The number of nitrogens with zero attached hydrogens (tertiary/aromatic N) is 4. The molecule has 43 heavy (non-hydrogen) atoms. The fourth-order valence-corrected chi connectivity index (χ4v) is 5.55. The molecule has 1 aliphatic carbocycles. The molecule has 1 unspecified atom stereocenters. The molecular formula is C28H24F6N4O5. The summed E-state index contributed by atoms with van der Waals surface area (Å²) >= 11 is 0.